The summed E-state index contributed by atoms with van der Waals surface area (Å²) in [6.45, 7) is 0.238. The van der Waals surface area contributed by atoms with Gasteiger partial charge in [0.05, 0.1) is 16.0 Å². The van der Waals surface area contributed by atoms with Crippen LogP contribution in [0.2, 0.25) is 0 Å². The fourth-order valence-electron chi connectivity index (χ4n) is 2.03. The van der Waals surface area contributed by atoms with Crippen LogP contribution in [0.4, 0.5) is 11.4 Å². The Balaban J connectivity index is 1.90. The Morgan fingerprint density at radius 3 is 2.75 bits per heavy atom. The van der Waals surface area contributed by atoms with Gasteiger partial charge in [-0.05, 0) is 29.2 Å². The molecule has 0 unspecified atom stereocenters. The molecule has 1 aromatic heterocycles. The van der Waals surface area contributed by atoms with Gasteiger partial charge in [0.1, 0.15) is 0 Å². The molecule has 9 nitrogen and oxygen atoms in total. The van der Waals surface area contributed by atoms with E-state index in [1.165, 1.54) is 12.1 Å². The zero-order valence-electron chi connectivity index (χ0n) is 10.2. The molecule has 0 spiro atoms. The molecule has 0 aliphatic heterocycles. The van der Waals surface area contributed by atoms with Crippen molar-refractivity contribution < 1.29 is 19.5 Å². The lowest BCUT2D eigenvalue weighted by molar-refractivity contribution is -0.383. The molecule has 0 radical (unpaired) electrons. The topological polar surface area (TPSA) is 131 Å². The second-order valence-electron chi connectivity index (χ2n) is 4.79. The van der Waals surface area contributed by atoms with Gasteiger partial charge in [-0.1, -0.05) is 0 Å². The molecule has 1 aliphatic rings. The van der Waals surface area contributed by atoms with Crippen molar-refractivity contribution >= 4 is 28.4 Å². The van der Waals surface area contributed by atoms with Crippen LogP contribution in [-0.4, -0.2) is 32.9 Å². The van der Waals surface area contributed by atoms with Crippen LogP contribution >= 0.6 is 0 Å². The number of carboxylic acid groups (broad SMARTS) is 1. The molecule has 3 rings (SSSR count). The second kappa shape index (κ2) is 4.15. The van der Waals surface area contributed by atoms with Gasteiger partial charge in [0.2, 0.25) is 5.52 Å². The van der Waals surface area contributed by atoms with Gasteiger partial charge >= 0.3 is 11.7 Å². The molecule has 1 heterocycles. The molecule has 1 saturated carbocycles. The molecular weight excluding hydrogens is 268 g/mol. The van der Waals surface area contributed by atoms with Crippen molar-refractivity contribution in [1.29, 1.82) is 0 Å². The Morgan fingerprint density at radius 1 is 1.45 bits per heavy atom. The third-order valence-corrected chi connectivity index (χ3v) is 3.52. The summed E-state index contributed by atoms with van der Waals surface area (Å²) in [5, 5.41) is 30.0. The minimum atomic E-state index is -0.846. The molecule has 104 valence electrons. The van der Waals surface area contributed by atoms with Crippen LogP contribution in [0.3, 0.4) is 0 Å². The molecule has 1 aliphatic carbocycles. The minimum absolute atomic E-state index is 0.0418. The van der Waals surface area contributed by atoms with Gasteiger partial charge in [-0.2, -0.15) is 0 Å². The smallest absolute Gasteiger partial charge is 0.311 e. The number of nitro benzene ring substituents is 1. The van der Waals surface area contributed by atoms with E-state index < -0.39 is 16.3 Å². The third-order valence-electron chi connectivity index (χ3n) is 3.52. The van der Waals surface area contributed by atoms with Gasteiger partial charge in [-0.3, -0.25) is 14.9 Å². The van der Waals surface area contributed by atoms with Gasteiger partial charge in [0, 0.05) is 12.6 Å². The number of benzene rings is 1. The highest BCUT2D eigenvalue weighted by Gasteiger charge is 2.50. The molecule has 9 heteroatoms. The quantitative estimate of drug-likeness (QED) is 0.619. The van der Waals surface area contributed by atoms with Crippen molar-refractivity contribution in [1.82, 2.24) is 10.3 Å². The van der Waals surface area contributed by atoms with Crippen LogP contribution in [-0.2, 0) is 4.79 Å². The number of nitrogens with one attached hydrogen (secondary N) is 1. The molecule has 20 heavy (non-hydrogen) atoms. The standard InChI is InChI=1S/C11H10N4O5/c16-10(17)11(3-4-11)5-12-6-1-2-7(15(18)19)9-8(6)13-20-14-9/h1-2,12H,3-5H2,(H,16,17). The SMILES string of the molecule is O=C(O)C1(CNc2ccc([N+](=O)[O-])c3nonc23)CC1. The van der Waals surface area contributed by atoms with E-state index >= 15 is 0 Å². The number of aliphatic carboxylic acids is 1. The number of non-ortho nitro benzene ring substituents is 1. The maximum atomic E-state index is 11.1. The summed E-state index contributed by atoms with van der Waals surface area (Å²) in [4.78, 5) is 21.4. The van der Waals surface area contributed by atoms with Crippen LogP contribution in [0.15, 0.2) is 16.8 Å². The van der Waals surface area contributed by atoms with E-state index in [9.17, 15) is 14.9 Å². The Bertz CT molecular complexity index is 706. The number of fused-ring (bicyclic) bond motifs is 1. The van der Waals surface area contributed by atoms with Crippen LogP contribution in [0.25, 0.3) is 11.0 Å². The Hall–Kier alpha value is -2.71. The largest absolute Gasteiger partial charge is 0.481 e. The fraction of sp³-hybridized carbons (Fsp3) is 0.364. The average molecular weight is 278 g/mol. The maximum absolute atomic E-state index is 11.1. The number of anilines is 1. The molecular formula is C11H10N4O5. The van der Waals surface area contributed by atoms with E-state index in [4.69, 9.17) is 5.11 Å². The first-order chi connectivity index (χ1) is 9.53. The van der Waals surface area contributed by atoms with Crippen LogP contribution in [0, 0.1) is 15.5 Å². The van der Waals surface area contributed by atoms with Crippen LogP contribution < -0.4 is 5.32 Å². The highest BCUT2D eigenvalue weighted by Crippen LogP contribution is 2.46. The van der Waals surface area contributed by atoms with Gasteiger partial charge in [0.15, 0.2) is 5.52 Å². The van der Waals surface area contributed by atoms with Crippen LogP contribution in [0.5, 0.6) is 0 Å². The summed E-state index contributed by atoms with van der Waals surface area (Å²) in [5.41, 5.74) is -0.211. The Labute approximate surface area is 111 Å². The average Bonchev–Trinajstić information content (AvgIpc) is 3.04. The monoisotopic (exact) mass is 278 g/mol. The van der Waals surface area contributed by atoms with E-state index in [1.807, 2.05) is 0 Å². The molecule has 0 saturated heterocycles. The molecule has 2 aromatic rings. The van der Waals surface area contributed by atoms with Crippen molar-refractivity contribution in [3.05, 3.63) is 22.2 Å². The normalized spacial score (nSPS) is 16.0. The summed E-state index contributed by atoms with van der Waals surface area (Å²) in [7, 11) is 0. The first-order valence-corrected chi connectivity index (χ1v) is 5.90. The van der Waals surface area contributed by atoms with E-state index in [0.29, 0.717) is 18.5 Å². The Kier molecular flexibility index (Phi) is 2.56. The molecule has 1 aromatic carbocycles. The minimum Gasteiger partial charge on any atom is -0.481 e. The first kappa shape index (κ1) is 12.3. The predicted molar refractivity (Wildman–Crippen MR) is 66.3 cm³/mol. The number of carbonyl (C=O) groups is 1. The van der Waals surface area contributed by atoms with Crippen LogP contribution in [0.1, 0.15) is 12.8 Å². The lowest BCUT2D eigenvalue weighted by Crippen LogP contribution is -2.24. The number of nitro groups is 1. The van der Waals surface area contributed by atoms with Gasteiger partial charge in [-0.25, -0.2) is 4.63 Å². The fourth-order valence-corrected chi connectivity index (χ4v) is 2.03. The zero-order chi connectivity index (χ0) is 14.3. The molecule has 1 fully saturated rings. The van der Waals surface area contributed by atoms with Crippen molar-refractivity contribution in [3.63, 3.8) is 0 Å². The van der Waals surface area contributed by atoms with E-state index in [2.05, 4.69) is 20.3 Å². The third kappa shape index (κ3) is 1.83. The summed E-state index contributed by atoms with van der Waals surface area (Å²) < 4.78 is 4.53. The molecule has 0 amide bonds. The van der Waals surface area contributed by atoms with Crippen molar-refractivity contribution in [2.24, 2.45) is 5.41 Å². The lowest BCUT2D eigenvalue weighted by Gasteiger charge is -2.11. The summed E-state index contributed by atoms with van der Waals surface area (Å²) >= 11 is 0. The van der Waals surface area contributed by atoms with E-state index in [-0.39, 0.29) is 23.3 Å². The molecule has 2 N–H and O–H groups in total. The number of nitrogens with zero attached hydrogens (tertiary/aromatic N) is 3. The number of carboxylic acids is 1. The zero-order valence-corrected chi connectivity index (χ0v) is 10.2. The molecule has 0 bridgehead atoms. The maximum Gasteiger partial charge on any atom is 0.311 e. The lowest BCUT2D eigenvalue weighted by atomic mass is 10.1. The first-order valence-electron chi connectivity index (χ1n) is 5.90. The van der Waals surface area contributed by atoms with Crippen molar-refractivity contribution in [2.75, 3.05) is 11.9 Å². The highest BCUT2D eigenvalue weighted by molar-refractivity contribution is 5.93. The number of hydrogen-bond donors (Lipinski definition) is 2. The number of aromatic nitrogens is 2. The van der Waals surface area contributed by atoms with Crippen molar-refractivity contribution in [2.45, 2.75) is 12.8 Å². The van der Waals surface area contributed by atoms with Gasteiger partial charge in [-0.15, -0.1) is 0 Å². The number of rotatable bonds is 5. The summed E-state index contributed by atoms with van der Waals surface area (Å²) in [5.74, 6) is -0.846. The van der Waals surface area contributed by atoms with Crippen molar-refractivity contribution in [3.8, 4) is 0 Å². The van der Waals surface area contributed by atoms with Gasteiger partial charge in [0.25, 0.3) is 0 Å². The van der Waals surface area contributed by atoms with E-state index in [1.54, 1.807) is 0 Å². The number of hydrogen-bond acceptors (Lipinski definition) is 7. The summed E-state index contributed by atoms with van der Waals surface area (Å²) in [6.07, 6.45) is 1.23. The van der Waals surface area contributed by atoms with E-state index in [0.717, 1.165) is 0 Å². The predicted octanol–water partition coefficient (Wildman–Crippen LogP) is 1.41. The summed E-state index contributed by atoms with van der Waals surface area (Å²) in [6, 6.07) is 2.76. The molecule has 0 atom stereocenters. The second-order valence-corrected chi connectivity index (χ2v) is 4.79. The van der Waals surface area contributed by atoms with Gasteiger partial charge < -0.3 is 10.4 Å². The highest BCUT2D eigenvalue weighted by atomic mass is 16.6. The Morgan fingerprint density at radius 2 is 2.15 bits per heavy atom.